The number of fused-ring (bicyclic) bond motifs is 6. The van der Waals surface area contributed by atoms with Crippen LogP contribution in [0.1, 0.15) is 0 Å². The second kappa shape index (κ2) is 4.99. The highest BCUT2D eigenvalue weighted by Crippen LogP contribution is 2.40. The minimum Gasteiger partial charge on any atom is -0.355 e. The van der Waals surface area contributed by atoms with Gasteiger partial charge in [0.25, 0.3) is 0 Å². The molecule has 122 valence electrons. The van der Waals surface area contributed by atoms with Crippen LogP contribution >= 0.6 is 0 Å². The highest BCUT2D eigenvalue weighted by molar-refractivity contribution is 6.24. The molecule has 0 aliphatic rings. The summed E-state index contributed by atoms with van der Waals surface area (Å²) in [5, 5.41) is 8.77. The average molecular weight is 332 g/mol. The van der Waals surface area contributed by atoms with E-state index in [1.165, 1.54) is 38.1 Å². The molecular weight excluding hydrogens is 316 g/mol. The van der Waals surface area contributed by atoms with Gasteiger partial charge in [-0.3, -0.25) is 0 Å². The van der Waals surface area contributed by atoms with Crippen molar-refractivity contribution in [3.63, 3.8) is 0 Å². The molecule has 2 nitrogen and oxygen atoms in total. The largest absolute Gasteiger partial charge is 0.355 e. The second-order valence-electron chi connectivity index (χ2n) is 6.78. The molecule has 2 aromatic heterocycles. The van der Waals surface area contributed by atoms with Crippen LogP contribution in [0.4, 0.5) is 11.4 Å². The van der Waals surface area contributed by atoms with E-state index in [2.05, 4.69) is 94.6 Å². The van der Waals surface area contributed by atoms with E-state index in [-0.39, 0.29) is 0 Å². The first-order valence-corrected chi connectivity index (χ1v) is 8.89. The van der Waals surface area contributed by atoms with Crippen LogP contribution in [0.5, 0.6) is 0 Å². The first kappa shape index (κ1) is 13.7. The van der Waals surface area contributed by atoms with Gasteiger partial charge in [-0.1, -0.05) is 54.6 Å². The normalized spacial score (nSPS) is 11.8. The number of hydrogen-bond acceptors (Lipinski definition) is 1. The van der Waals surface area contributed by atoms with E-state index in [1.54, 1.807) is 0 Å². The standard InChI is InChI=1S/C24H16N2/c1-2-8-16(9-3-1)25-17-14-20-18-10-4-6-12-22(18)26-23-13-7-5-11-19(23)21(15-17)24(20)26/h1-15,25H. The summed E-state index contributed by atoms with van der Waals surface area (Å²) in [6.07, 6.45) is 0. The number of anilines is 2. The van der Waals surface area contributed by atoms with Crippen LogP contribution in [-0.4, -0.2) is 4.40 Å². The Labute approximate surface area is 150 Å². The van der Waals surface area contributed by atoms with E-state index in [9.17, 15) is 0 Å². The quantitative estimate of drug-likeness (QED) is 0.379. The molecule has 0 saturated heterocycles. The van der Waals surface area contributed by atoms with E-state index < -0.39 is 0 Å². The van der Waals surface area contributed by atoms with Crippen molar-refractivity contribution in [1.29, 1.82) is 0 Å². The van der Waals surface area contributed by atoms with Gasteiger partial charge in [0.15, 0.2) is 0 Å². The number of aromatic nitrogens is 1. The fourth-order valence-corrected chi connectivity index (χ4v) is 4.21. The third-order valence-electron chi connectivity index (χ3n) is 5.27. The minimum absolute atomic E-state index is 1.11. The Hall–Kier alpha value is -3.52. The fourth-order valence-electron chi connectivity index (χ4n) is 4.21. The molecule has 4 aromatic carbocycles. The number of para-hydroxylation sites is 3. The third-order valence-corrected chi connectivity index (χ3v) is 5.27. The van der Waals surface area contributed by atoms with Crippen molar-refractivity contribution in [3.8, 4) is 0 Å². The van der Waals surface area contributed by atoms with Gasteiger partial charge in [-0.25, -0.2) is 0 Å². The Morgan fingerprint density at radius 1 is 0.500 bits per heavy atom. The summed E-state index contributed by atoms with van der Waals surface area (Å²) in [6, 6.07) is 32.2. The Morgan fingerprint density at radius 3 is 1.65 bits per heavy atom. The molecule has 6 aromatic rings. The van der Waals surface area contributed by atoms with Crippen molar-refractivity contribution < 1.29 is 0 Å². The number of nitrogens with zero attached hydrogens (tertiary/aromatic N) is 1. The summed E-state index contributed by atoms with van der Waals surface area (Å²) in [5.74, 6) is 0. The molecular formula is C24H16N2. The zero-order valence-corrected chi connectivity index (χ0v) is 14.1. The van der Waals surface area contributed by atoms with Gasteiger partial charge in [0.2, 0.25) is 0 Å². The predicted molar refractivity (Wildman–Crippen MR) is 111 cm³/mol. The van der Waals surface area contributed by atoms with E-state index in [0.717, 1.165) is 11.4 Å². The minimum atomic E-state index is 1.11. The molecule has 2 heteroatoms. The maximum Gasteiger partial charge on any atom is 0.0622 e. The van der Waals surface area contributed by atoms with Gasteiger partial charge >= 0.3 is 0 Å². The van der Waals surface area contributed by atoms with Crippen molar-refractivity contribution in [2.75, 3.05) is 5.32 Å². The molecule has 0 atom stereocenters. The van der Waals surface area contributed by atoms with E-state index in [0.29, 0.717) is 0 Å². The molecule has 1 N–H and O–H groups in total. The van der Waals surface area contributed by atoms with Crippen LogP contribution in [0, 0.1) is 0 Å². The van der Waals surface area contributed by atoms with Crippen molar-refractivity contribution >= 4 is 49.5 Å². The average Bonchev–Trinajstić information content (AvgIpc) is 3.20. The highest BCUT2D eigenvalue weighted by atomic mass is 14.9. The van der Waals surface area contributed by atoms with E-state index in [4.69, 9.17) is 0 Å². The molecule has 0 bridgehead atoms. The molecule has 0 spiro atoms. The monoisotopic (exact) mass is 332 g/mol. The van der Waals surface area contributed by atoms with Gasteiger partial charge in [0.1, 0.15) is 0 Å². The van der Waals surface area contributed by atoms with Crippen LogP contribution < -0.4 is 5.32 Å². The van der Waals surface area contributed by atoms with Gasteiger partial charge in [-0.2, -0.15) is 0 Å². The molecule has 6 rings (SSSR count). The number of rotatable bonds is 2. The number of hydrogen-bond donors (Lipinski definition) is 1. The highest BCUT2D eigenvalue weighted by Gasteiger charge is 2.17. The van der Waals surface area contributed by atoms with Crippen molar-refractivity contribution in [2.45, 2.75) is 0 Å². The van der Waals surface area contributed by atoms with E-state index in [1.807, 2.05) is 6.07 Å². The number of benzene rings is 4. The van der Waals surface area contributed by atoms with Crippen LogP contribution in [0.25, 0.3) is 38.1 Å². The van der Waals surface area contributed by atoms with Crippen molar-refractivity contribution in [3.05, 3.63) is 91.0 Å². The van der Waals surface area contributed by atoms with Gasteiger partial charge < -0.3 is 9.72 Å². The molecule has 0 amide bonds. The van der Waals surface area contributed by atoms with Crippen LogP contribution in [0.2, 0.25) is 0 Å². The number of nitrogens with one attached hydrogen (secondary N) is 1. The Kier molecular flexibility index (Phi) is 2.64. The molecule has 0 fully saturated rings. The fraction of sp³-hybridized carbons (Fsp3) is 0. The first-order valence-electron chi connectivity index (χ1n) is 8.89. The van der Waals surface area contributed by atoms with Gasteiger partial charge in [-0.05, 0) is 36.4 Å². The van der Waals surface area contributed by atoms with Gasteiger partial charge in [-0.15, -0.1) is 0 Å². The lowest BCUT2D eigenvalue weighted by Crippen LogP contribution is -1.89. The maximum atomic E-state index is 3.57. The lowest BCUT2D eigenvalue weighted by Gasteiger charge is -2.07. The van der Waals surface area contributed by atoms with Crippen molar-refractivity contribution in [2.24, 2.45) is 0 Å². The lowest BCUT2D eigenvalue weighted by atomic mass is 10.1. The van der Waals surface area contributed by atoms with E-state index >= 15 is 0 Å². The Morgan fingerprint density at radius 2 is 1.04 bits per heavy atom. The zero-order chi connectivity index (χ0) is 17.1. The second-order valence-corrected chi connectivity index (χ2v) is 6.78. The van der Waals surface area contributed by atoms with Gasteiger partial charge in [0, 0.05) is 32.9 Å². The van der Waals surface area contributed by atoms with Crippen LogP contribution in [0.3, 0.4) is 0 Å². The summed E-state index contributed by atoms with van der Waals surface area (Å²) in [7, 11) is 0. The van der Waals surface area contributed by atoms with Crippen LogP contribution in [0.15, 0.2) is 91.0 Å². The molecule has 26 heavy (non-hydrogen) atoms. The Bertz CT molecular complexity index is 1310. The molecule has 0 saturated carbocycles. The summed E-state index contributed by atoms with van der Waals surface area (Å²) < 4.78 is 2.40. The van der Waals surface area contributed by atoms with Crippen LogP contribution in [-0.2, 0) is 0 Å². The maximum absolute atomic E-state index is 3.57. The van der Waals surface area contributed by atoms with Gasteiger partial charge in [0.05, 0.1) is 16.6 Å². The summed E-state index contributed by atoms with van der Waals surface area (Å²) in [6.45, 7) is 0. The summed E-state index contributed by atoms with van der Waals surface area (Å²) in [4.78, 5) is 0. The predicted octanol–water partition coefficient (Wildman–Crippen LogP) is 6.58. The summed E-state index contributed by atoms with van der Waals surface area (Å²) >= 11 is 0. The molecule has 0 aliphatic carbocycles. The molecule has 0 unspecified atom stereocenters. The zero-order valence-electron chi connectivity index (χ0n) is 14.1. The third kappa shape index (κ3) is 1.76. The SMILES string of the molecule is c1ccc(Nc2cc3c4ccccc4n4c5ccccc5c(c2)c34)cc1. The first-order chi connectivity index (χ1) is 12.9. The smallest absolute Gasteiger partial charge is 0.0622 e. The molecule has 0 radical (unpaired) electrons. The lowest BCUT2D eigenvalue weighted by molar-refractivity contribution is 1.37. The molecule has 0 aliphatic heterocycles. The molecule has 2 heterocycles. The Balaban J connectivity index is 1.77. The van der Waals surface area contributed by atoms with Crippen molar-refractivity contribution in [1.82, 2.24) is 4.40 Å². The summed E-state index contributed by atoms with van der Waals surface area (Å²) in [5.41, 5.74) is 6.08. The topological polar surface area (TPSA) is 16.4 Å².